The Hall–Kier alpha value is -1.98. The number of hydrogen-bond acceptors (Lipinski definition) is 4. The van der Waals surface area contributed by atoms with Crippen molar-refractivity contribution in [2.45, 2.75) is 39.2 Å². The normalized spacial score (nSPS) is 16.3. The first-order valence-corrected chi connectivity index (χ1v) is 6.95. The molecule has 1 heterocycles. The Morgan fingerprint density at radius 3 is 2.85 bits per heavy atom. The van der Waals surface area contributed by atoms with Crippen molar-refractivity contribution < 1.29 is 4.39 Å². The highest BCUT2D eigenvalue weighted by Gasteiger charge is 2.42. The van der Waals surface area contributed by atoms with Gasteiger partial charge in [-0.3, -0.25) is 0 Å². The van der Waals surface area contributed by atoms with Crippen LogP contribution in [-0.2, 0) is 6.54 Å². The van der Waals surface area contributed by atoms with Gasteiger partial charge in [-0.2, -0.15) is 0 Å². The molecule has 0 atom stereocenters. The lowest BCUT2D eigenvalue weighted by Crippen LogP contribution is -2.14. The molecule has 2 N–H and O–H groups in total. The molecule has 0 unspecified atom stereocenters. The summed E-state index contributed by atoms with van der Waals surface area (Å²) >= 11 is 0. The highest BCUT2D eigenvalue weighted by atomic mass is 19.1. The highest BCUT2D eigenvalue weighted by molar-refractivity contribution is 5.59. The van der Waals surface area contributed by atoms with Crippen LogP contribution in [0, 0.1) is 11.2 Å². The Morgan fingerprint density at radius 1 is 1.40 bits per heavy atom. The van der Waals surface area contributed by atoms with E-state index < -0.39 is 0 Å². The standard InChI is InChI=1S/C14H18FN5/c1-2-5-14(6-7-14)9-20-13(17-18-19-20)11-4-3-10(16)8-12(11)15/h3-4,8H,2,5-7,9,16H2,1H3. The van der Waals surface area contributed by atoms with Gasteiger partial charge in [-0.25, -0.2) is 9.07 Å². The van der Waals surface area contributed by atoms with Crippen LogP contribution in [0.15, 0.2) is 18.2 Å². The number of hydrogen-bond donors (Lipinski definition) is 1. The van der Waals surface area contributed by atoms with Crippen LogP contribution in [0.5, 0.6) is 0 Å². The molecule has 106 valence electrons. The van der Waals surface area contributed by atoms with Crippen molar-refractivity contribution in [3.8, 4) is 11.4 Å². The second-order valence-electron chi connectivity index (χ2n) is 5.65. The SMILES string of the molecule is CCCC1(Cn2nnnc2-c2ccc(N)cc2F)CC1. The van der Waals surface area contributed by atoms with Crippen molar-refractivity contribution in [1.82, 2.24) is 20.2 Å². The summed E-state index contributed by atoms with van der Waals surface area (Å²) in [6.45, 7) is 2.94. The van der Waals surface area contributed by atoms with E-state index in [4.69, 9.17) is 5.73 Å². The summed E-state index contributed by atoms with van der Waals surface area (Å²) < 4.78 is 15.7. The predicted octanol–water partition coefficient (Wildman–Crippen LogP) is 2.64. The lowest BCUT2D eigenvalue weighted by Gasteiger charge is -2.14. The van der Waals surface area contributed by atoms with Crippen molar-refractivity contribution in [2.24, 2.45) is 5.41 Å². The van der Waals surface area contributed by atoms with Crippen LogP contribution in [0.3, 0.4) is 0 Å². The van der Waals surface area contributed by atoms with E-state index in [0.717, 1.165) is 19.4 Å². The Kier molecular flexibility index (Phi) is 3.16. The fourth-order valence-electron chi connectivity index (χ4n) is 2.73. The largest absolute Gasteiger partial charge is 0.399 e. The molecule has 1 fully saturated rings. The van der Waals surface area contributed by atoms with E-state index in [-0.39, 0.29) is 5.82 Å². The number of anilines is 1. The summed E-state index contributed by atoms with van der Waals surface area (Å²) in [5.74, 6) is 0.0891. The number of nitrogens with two attached hydrogens (primary N) is 1. The van der Waals surface area contributed by atoms with Crippen LogP contribution in [0.2, 0.25) is 0 Å². The molecule has 6 heteroatoms. The molecule has 1 aromatic heterocycles. The molecule has 20 heavy (non-hydrogen) atoms. The Morgan fingerprint density at radius 2 is 2.20 bits per heavy atom. The van der Waals surface area contributed by atoms with Gasteiger partial charge in [0.05, 0.1) is 12.1 Å². The van der Waals surface area contributed by atoms with Gasteiger partial charge in [-0.1, -0.05) is 13.3 Å². The zero-order valence-electron chi connectivity index (χ0n) is 11.5. The van der Waals surface area contributed by atoms with Gasteiger partial charge < -0.3 is 5.73 Å². The van der Waals surface area contributed by atoms with Crippen LogP contribution in [0.1, 0.15) is 32.6 Å². The number of benzene rings is 1. The first-order chi connectivity index (χ1) is 9.63. The van der Waals surface area contributed by atoms with Crippen LogP contribution < -0.4 is 5.73 Å². The fraction of sp³-hybridized carbons (Fsp3) is 0.500. The zero-order chi connectivity index (χ0) is 14.2. The lowest BCUT2D eigenvalue weighted by atomic mass is 10.0. The summed E-state index contributed by atoms with van der Waals surface area (Å²) in [5, 5.41) is 11.7. The van der Waals surface area contributed by atoms with Crippen molar-refractivity contribution in [1.29, 1.82) is 0 Å². The molecule has 0 bridgehead atoms. The van der Waals surface area contributed by atoms with Gasteiger partial charge in [0.1, 0.15) is 5.82 Å². The molecule has 5 nitrogen and oxygen atoms in total. The van der Waals surface area contributed by atoms with Gasteiger partial charge in [-0.05, 0) is 53.3 Å². The van der Waals surface area contributed by atoms with Gasteiger partial charge in [0.25, 0.3) is 0 Å². The van der Waals surface area contributed by atoms with Crippen molar-refractivity contribution in [3.05, 3.63) is 24.0 Å². The van der Waals surface area contributed by atoms with Gasteiger partial charge in [-0.15, -0.1) is 5.10 Å². The third kappa shape index (κ3) is 2.37. The Balaban J connectivity index is 1.90. The van der Waals surface area contributed by atoms with E-state index in [2.05, 4.69) is 22.4 Å². The molecule has 2 aromatic rings. The first kappa shape index (κ1) is 13.0. The second kappa shape index (κ2) is 4.85. The lowest BCUT2D eigenvalue weighted by molar-refractivity contribution is 0.365. The topological polar surface area (TPSA) is 69.6 Å². The average molecular weight is 275 g/mol. The molecule has 3 rings (SSSR count). The minimum absolute atomic E-state index is 0.309. The second-order valence-corrected chi connectivity index (χ2v) is 5.65. The maximum absolute atomic E-state index is 14.0. The van der Waals surface area contributed by atoms with Gasteiger partial charge in [0.2, 0.25) is 0 Å². The number of nitrogen functional groups attached to an aromatic ring is 1. The molecule has 0 amide bonds. The molecule has 1 aliphatic rings. The van der Waals surface area contributed by atoms with Crippen LogP contribution in [0.4, 0.5) is 10.1 Å². The van der Waals surface area contributed by atoms with E-state index in [1.807, 2.05) is 0 Å². The summed E-state index contributed by atoms with van der Waals surface area (Å²) in [7, 11) is 0. The monoisotopic (exact) mass is 275 g/mol. The van der Waals surface area contributed by atoms with Gasteiger partial charge in [0, 0.05) is 5.69 Å². The molecular formula is C14H18FN5. The first-order valence-electron chi connectivity index (χ1n) is 6.95. The minimum atomic E-state index is -0.388. The van der Waals surface area contributed by atoms with E-state index in [0.29, 0.717) is 22.5 Å². The quantitative estimate of drug-likeness (QED) is 0.852. The minimum Gasteiger partial charge on any atom is -0.399 e. The maximum Gasteiger partial charge on any atom is 0.184 e. The molecule has 0 spiro atoms. The summed E-state index contributed by atoms with van der Waals surface area (Å²) in [4.78, 5) is 0. The molecule has 0 radical (unpaired) electrons. The molecule has 0 saturated heterocycles. The summed E-state index contributed by atoms with van der Waals surface area (Å²) in [6, 6.07) is 4.59. The number of tetrazole rings is 1. The molecule has 0 aliphatic heterocycles. The summed E-state index contributed by atoms with van der Waals surface area (Å²) in [5.41, 5.74) is 6.68. The third-order valence-electron chi connectivity index (χ3n) is 3.99. The van der Waals surface area contributed by atoms with Crippen molar-refractivity contribution in [3.63, 3.8) is 0 Å². The van der Waals surface area contributed by atoms with Crippen molar-refractivity contribution >= 4 is 5.69 Å². The predicted molar refractivity (Wildman–Crippen MR) is 74.2 cm³/mol. The molecule has 1 aliphatic carbocycles. The number of aromatic nitrogens is 4. The van der Waals surface area contributed by atoms with E-state index in [1.54, 1.807) is 16.8 Å². The fourth-order valence-corrected chi connectivity index (χ4v) is 2.73. The zero-order valence-corrected chi connectivity index (χ0v) is 11.5. The average Bonchev–Trinajstić information content (AvgIpc) is 3.00. The van der Waals surface area contributed by atoms with E-state index >= 15 is 0 Å². The molecule has 1 aromatic carbocycles. The highest BCUT2D eigenvalue weighted by Crippen LogP contribution is 2.51. The third-order valence-corrected chi connectivity index (χ3v) is 3.99. The smallest absolute Gasteiger partial charge is 0.184 e. The van der Waals surface area contributed by atoms with Crippen LogP contribution in [-0.4, -0.2) is 20.2 Å². The van der Waals surface area contributed by atoms with Crippen LogP contribution >= 0.6 is 0 Å². The van der Waals surface area contributed by atoms with E-state index in [9.17, 15) is 4.39 Å². The van der Waals surface area contributed by atoms with Gasteiger partial charge in [0.15, 0.2) is 5.82 Å². The molecular weight excluding hydrogens is 257 g/mol. The number of nitrogens with zero attached hydrogens (tertiary/aromatic N) is 4. The molecule has 1 saturated carbocycles. The van der Waals surface area contributed by atoms with Gasteiger partial charge >= 0.3 is 0 Å². The number of halogens is 1. The Labute approximate surface area is 117 Å². The summed E-state index contributed by atoms with van der Waals surface area (Å²) in [6.07, 6.45) is 4.71. The number of rotatable bonds is 5. The maximum atomic E-state index is 14.0. The van der Waals surface area contributed by atoms with E-state index in [1.165, 1.54) is 18.9 Å². The van der Waals surface area contributed by atoms with Crippen LogP contribution in [0.25, 0.3) is 11.4 Å². The Bertz CT molecular complexity index is 618. The van der Waals surface area contributed by atoms with Crippen molar-refractivity contribution in [2.75, 3.05) is 5.73 Å².